The number of benzene rings is 1. The fraction of sp³-hybridized carbons (Fsp3) is 0.588. The number of rotatable bonds is 6. The van der Waals surface area contributed by atoms with Crippen LogP contribution < -0.4 is 0 Å². The molecule has 0 heterocycles. The molecule has 1 aromatic carbocycles. The van der Waals surface area contributed by atoms with E-state index in [9.17, 15) is 0 Å². The number of aryl methyl sites for hydroxylation is 1. The molecule has 2 heteroatoms. The molecule has 0 fully saturated rings. The van der Waals surface area contributed by atoms with E-state index in [1.165, 1.54) is 61.9 Å². The molecule has 0 saturated carbocycles. The van der Waals surface area contributed by atoms with Gasteiger partial charge in [0, 0.05) is 11.4 Å². The molecule has 0 aromatic heterocycles. The summed E-state index contributed by atoms with van der Waals surface area (Å²) in [6.45, 7) is 7.02. The lowest BCUT2D eigenvalue weighted by Crippen LogP contribution is -2.40. The third-order valence-corrected chi connectivity index (χ3v) is 4.41. The molecule has 0 unspecified atom stereocenters. The molecule has 1 aliphatic rings. The van der Waals surface area contributed by atoms with Gasteiger partial charge in [-0.25, -0.2) is 0 Å². The van der Waals surface area contributed by atoms with Gasteiger partial charge in [0.15, 0.2) is 0 Å². The summed E-state index contributed by atoms with van der Waals surface area (Å²) in [6.07, 6.45) is 6.18. The first-order chi connectivity index (χ1) is 9.30. The van der Waals surface area contributed by atoms with E-state index in [2.05, 4.69) is 36.9 Å². The molecule has 0 amide bonds. The third kappa shape index (κ3) is 3.43. The van der Waals surface area contributed by atoms with E-state index in [0.29, 0.717) is 6.04 Å². The number of nitrogens with zero attached hydrogens (tertiary/aromatic N) is 1. The number of hydrogen-bond acceptors (Lipinski definition) is 2. The zero-order valence-corrected chi connectivity index (χ0v) is 13.0. The van der Waals surface area contributed by atoms with E-state index in [4.69, 9.17) is 12.2 Å². The van der Waals surface area contributed by atoms with E-state index < -0.39 is 0 Å². The van der Waals surface area contributed by atoms with Crippen molar-refractivity contribution in [3.8, 4) is 0 Å². The first-order valence-corrected chi connectivity index (χ1v) is 8.07. The average molecular weight is 275 g/mol. The summed E-state index contributed by atoms with van der Waals surface area (Å²) in [5, 5.41) is 1.85. The van der Waals surface area contributed by atoms with Gasteiger partial charge in [0.05, 0.1) is 0 Å². The summed E-state index contributed by atoms with van der Waals surface area (Å²) in [4.78, 5) is 2.68. The van der Waals surface area contributed by atoms with Gasteiger partial charge in [-0.2, -0.15) is 0 Å². The maximum absolute atomic E-state index is 5.17. The van der Waals surface area contributed by atoms with Gasteiger partial charge in [-0.15, -0.1) is 0 Å². The Morgan fingerprint density at radius 3 is 2.63 bits per heavy atom. The second-order valence-corrected chi connectivity index (χ2v) is 5.77. The second kappa shape index (κ2) is 7.16. The van der Waals surface area contributed by atoms with Gasteiger partial charge in [-0.1, -0.05) is 44.3 Å². The van der Waals surface area contributed by atoms with Gasteiger partial charge in [0.25, 0.3) is 0 Å². The van der Waals surface area contributed by atoms with Crippen LogP contribution in [-0.4, -0.2) is 29.4 Å². The zero-order chi connectivity index (χ0) is 13.7. The van der Waals surface area contributed by atoms with Crippen LogP contribution in [0.2, 0.25) is 0 Å². The Kier molecular flexibility index (Phi) is 5.53. The quantitative estimate of drug-likeness (QED) is 0.722. The van der Waals surface area contributed by atoms with E-state index in [1.54, 1.807) is 0 Å². The fourth-order valence-electron chi connectivity index (χ4n) is 3.27. The van der Waals surface area contributed by atoms with Crippen LogP contribution in [0.5, 0.6) is 0 Å². The van der Waals surface area contributed by atoms with E-state index in [-0.39, 0.29) is 0 Å². The minimum atomic E-state index is 0.712. The zero-order valence-electron chi connectivity index (χ0n) is 12.2. The van der Waals surface area contributed by atoms with Crippen LogP contribution in [0.1, 0.15) is 49.8 Å². The molecular formula is C17H25NS. The summed E-state index contributed by atoms with van der Waals surface area (Å²) in [5.74, 6) is 0. The largest absolute Gasteiger partial charge is 0.300 e. The molecule has 1 atom stereocenters. The highest BCUT2D eigenvalue weighted by Crippen LogP contribution is 2.27. The van der Waals surface area contributed by atoms with Crippen LogP contribution in [0.3, 0.4) is 0 Å². The van der Waals surface area contributed by atoms with Gasteiger partial charge >= 0.3 is 0 Å². The van der Waals surface area contributed by atoms with Crippen LogP contribution in [0, 0.1) is 0 Å². The lowest BCUT2D eigenvalue weighted by Gasteiger charge is -2.35. The Balaban J connectivity index is 2.17. The first kappa shape index (κ1) is 14.7. The van der Waals surface area contributed by atoms with E-state index in [1.807, 2.05) is 5.37 Å². The van der Waals surface area contributed by atoms with Crippen molar-refractivity contribution >= 4 is 17.6 Å². The van der Waals surface area contributed by atoms with Crippen LogP contribution in [0.25, 0.3) is 0 Å². The first-order valence-electron chi connectivity index (χ1n) is 7.60. The van der Waals surface area contributed by atoms with Crippen molar-refractivity contribution in [3.63, 3.8) is 0 Å². The summed E-state index contributed by atoms with van der Waals surface area (Å²) >= 11 is 5.17. The van der Waals surface area contributed by atoms with Crippen molar-refractivity contribution in [2.45, 2.75) is 52.0 Å². The molecule has 19 heavy (non-hydrogen) atoms. The Labute approximate surface area is 123 Å². The summed E-state index contributed by atoms with van der Waals surface area (Å²) in [5.41, 5.74) is 4.29. The summed E-state index contributed by atoms with van der Waals surface area (Å²) in [7, 11) is 0. The number of hydrogen-bond donors (Lipinski definition) is 0. The maximum Gasteiger partial charge on any atom is 0.0139 e. The molecule has 0 saturated heterocycles. The SMILES string of the molecule is CCCN(CCC)[C@@H]1CCc2cccc(C=S)c2C1. The normalized spacial score (nSPS) is 18.4. The number of fused-ring (bicyclic) bond motifs is 1. The fourth-order valence-corrected chi connectivity index (χ4v) is 3.49. The molecule has 1 nitrogen and oxygen atoms in total. The van der Waals surface area contributed by atoms with Gasteiger partial charge in [-0.05, 0) is 61.9 Å². The highest BCUT2D eigenvalue weighted by atomic mass is 32.1. The van der Waals surface area contributed by atoms with Crippen molar-refractivity contribution in [1.82, 2.24) is 4.90 Å². The predicted octanol–water partition coefficient (Wildman–Crippen LogP) is 4.01. The Hall–Kier alpha value is -0.730. The number of thiocarbonyl (C=S) groups is 1. The lowest BCUT2D eigenvalue weighted by molar-refractivity contribution is 0.180. The van der Waals surface area contributed by atoms with Crippen LogP contribution in [0.4, 0.5) is 0 Å². The molecule has 1 aliphatic carbocycles. The standard InChI is InChI=1S/C17H25NS/c1-3-10-18(11-4-2)16-9-8-14-6-5-7-15(13-19)17(14)12-16/h5-7,13,16H,3-4,8-12H2,1-2H3/t16-/m1/s1. The minimum absolute atomic E-state index is 0.712. The average Bonchev–Trinajstić information content (AvgIpc) is 2.46. The van der Waals surface area contributed by atoms with Crippen molar-refractivity contribution in [2.75, 3.05) is 13.1 Å². The van der Waals surface area contributed by atoms with Gasteiger partial charge in [0.2, 0.25) is 0 Å². The Morgan fingerprint density at radius 2 is 2.00 bits per heavy atom. The molecule has 1 aromatic rings. The maximum atomic E-state index is 5.17. The van der Waals surface area contributed by atoms with Gasteiger partial charge in [0.1, 0.15) is 0 Å². The van der Waals surface area contributed by atoms with Gasteiger partial charge < -0.3 is 4.90 Å². The third-order valence-electron chi connectivity index (χ3n) is 4.16. The van der Waals surface area contributed by atoms with E-state index >= 15 is 0 Å². The predicted molar refractivity (Wildman–Crippen MR) is 87.2 cm³/mol. The molecule has 2 rings (SSSR count). The van der Waals surface area contributed by atoms with Crippen LogP contribution in [-0.2, 0) is 12.8 Å². The summed E-state index contributed by atoms with van der Waals surface area (Å²) < 4.78 is 0. The molecule has 104 valence electrons. The molecule has 0 spiro atoms. The monoisotopic (exact) mass is 275 g/mol. The lowest BCUT2D eigenvalue weighted by atomic mass is 9.85. The topological polar surface area (TPSA) is 3.24 Å². The molecular weight excluding hydrogens is 250 g/mol. The molecule has 0 aliphatic heterocycles. The van der Waals surface area contributed by atoms with Crippen LogP contribution >= 0.6 is 12.2 Å². The van der Waals surface area contributed by atoms with Crippen molar-refractivity contribution in [3.05, 3.63) is 34.9 Å². The van der Waals surface area contributed by atoms with E-state index in [0.717, 1.165) is 0 Å². The molecule has 0 N–H and O–H groups in total. The minimum Gasteiger partial charge on any atom is -0.300 e. The Morgan fingerprint density at radius 1 is 1.26 bits per heavy atom. The van der Waals surface area contributed by atoms with Gasteiger partial charge in [-0.3, -0.25) is 0 Å². The Bertz CT molecular complexity index is 421. The second-order valence-electron chi connectivity index (χ2n) is 5.54. The highest BCUT2D eigenvalue weighted by molar-refractivity contribution is 7.79. The molecule has 0 bridgehead atoms. The van der Waals surface area contributed by atoms with Crippen molar-refractivity contribution < 1.29 is 0 Å². The highest BCUT2D eigenvalue weighted by Gasteiger charge is 2.24. The molecule has 0 radical (unpaired) electrons. The summed E-state index contributed by atoms with van der Waals surface area (Å²) in [6, 6.07) is 7.30. The smallest absolute Gasteiger partial charge is 0.0139 e. The van der Waals surface area contributed by atoms with Crippen molar-refractivity contribution in [2.24, 2.45) is 0 Å². The van der Waals surface area contributed by atoms with Crippen molar-refractivity contribution in [1.29, 1.82) is 0 Å². The van der Waals surface area contributed by atoms with Crippen LogP contribution in [0.15, 0.2) is 18.2 Å².